The number of hydrogen-bond donors (Lipinski definition) is 1. The normalized spacial score (nSPS) is 12.6. The second kappa shape index (κ2) is 7.07. The lowest BCUT2D eigenvalue weighted by molar-refractivity contribution is 0.443. The van der Waals surface area contributed by atoms with Crippen LogP contribution in [0.25, 0.3) is 0 Å². The van der Waals surface area contributed by atoms with E-state index >= 15 is 0 Å². The second-order valence-electron chi connectivity index (χ2n) is 4.19. The Kier molecular flexibility index (Phi) is 5.69. The highest BCUT2D eigenvalue weighted by molar-refractivity contribution is 9.11. The Bertz CT molecular complexity index is 553. The zero-order valence-electron chi connectivity index (χ0n) is 10.4. The zero-order chi connectivity index (χ0) is 13.8. The molecule has 0 amide bonds. The highest BCUT2D eigenvalue weighted by atomic mass is 79.9. The summed E-state index contributed by atoms with van der Waals surface area (Å²) in [5.41, 5.74) is 1.16. The summed E-state index contributed by atoms with van der Waals surface area (Å²) in [6.45, 7) is 3.08. The second-order valence-corrected chi connectivity index (χ2v) is 6.81. The average Bonchev–Trinajstić information content (AvgIpc) is 2.78. The summed E-state index contributed by atoms with van der Waals surface area (Å²) in [5.74, 6) is 0.900. The summed E-state index contributed by atoms with van der Waals surface area (Å²) >= 11 is 10.6. The Balaban J connectivity index is 2.40. The monoisotopic (exact) mass is 449 g/mol. The molecule has 19 heavy (non-hydrogen) atoms. The van der Waals surface area contributed by atoms with Gasteiger partial charge in [-0.3, -0.25) is 0 Å². The van der Waals surface area contributed by atoms with Crippen molar-refractivity contribution in [2.75, 3.05) is 6.54 Å². The molecule has 2 aromatic rings. The first kappa shape index (κ1) is 15.3. The van der Waals surface area contributed by atoms with Crippen molar-refractivity contribution in [3.8, 4) is 0 Å². The van der Waals surface area contributed by atoms with E-state index in [4.69, 9.17) is 4.42 Å². The maximum absolute atomic E-state index is 5.62. The molecule has 0 bridgehead atoms. The fraction of sp³-hybridized carbons (Fsp3) is 0.286. The van der Waals surface area contributed by atoms with Gasteiger partial charge in [-0.05, 0) is 52.7 Å². The first-order valence-electron chi connectivity index (χ1n) is 6.04. The van der Waals surface area contributed by atoms with Crippen molar-refractivity contribution >= 4 is 47.8 Å². The Hall–Kier alpha value is -0.100. The van der Waals surface area contributed by atoms with Crippen LogP contribution in [0, 0.1) is 0 Å². The number of benzene rings is 1. The lowest BCUT2D eigenvalue weighted by atomic mass is 10.0. The van der Waals surface area contributed by atoms with Crippen molar-refractivity contribution < 1.29 is 4.42 Å². The topological polar surface area (TPSA) is 25.2 Å². The van der Waals surface area contributed by atoms with Gasteiger partial charge in [0.15, 0.2) is 0 Å². The maximum atomic E-state index is 5.62. The fourth-order valence-corrected chi connectivity index (χ4v) is 3.59. The number of nitrogens with one attached hydrogen (secondary N) is 1. The zero-order valence-corrected chi connectivity index (χ0v) is 15.2. The van der Waals surface area contributed by atoms with Crippen LogP contribution in [0.15, 0.2) is 48.4 Å². The highest BCUT2D eigenvalue weighted by Crippen LogP contribution is 2.34. The molecule has 0 spiro atoms. The van der Waals surface area contributed by atoms with Gasteiger partial charge in [-0.15, -0.1) is 0 Å². The largest absolute Gasteiger partial charge is 0.466 e. The van der Waals surface area contributed by atoms with Crippen molar-refractivity contribution in [3.05, 3.63) is 55.3 Å². The number of rotatable bonds is 5. The van der Waals surface area contributed by atoms with E-state index in [0.29, 0.717) is 0 Å². The highest BCUT2D eigenvalue weighted by Gasteiger charge is 2.21. The molecular weight excluding hydrogens is 438 g/mol. The van der Waals surface area contributed by atoms with Gasteiger partial charge in [0.1, 0.15) is 5.76 Å². The molecule has 0 aliphatic carbocycles. The van der Waals surface area contributed by atoms with Crippen LogP contribution in [0.3, 0.4) is 0 Å². The Morgan fingerprint density at radius 1 is 1.16 bits per heavy atom. The van der Waals surface area contributed by atoms with Gasteiger partial charge in [-0.1, -0.05) is 44.8 Å². The van der Waals surface area contributed by atoms with Crippen LogP contribution >= 0.6 is 47.8 Å². The molecule has 1 N–H and O–H groups in total. The predicted molar refractivity (Wildman–Crippen MR) is 88.4 cm³/mol. The minimum Gasteiger partial charge on any atom is -0.466 e. The predicted octanol–water partition coefficient (Wildman–Crippen LogP) is 5.66. The maximum Gasteiger partial charge on any atom is 0.139 e. The SMILES string of the molecule is CCCNC(c1ccc(Br)cc1Br)c1occc1Br. The summed E-state index contributed by atoms with van der Waals surface area (Å²) in [4.78, 5) is 0. The van der Waals surface area contributed by atoms with Gasteiger partial charge < -0.3 is 9.73 Å². The minimum atomic E-state index is 0.0341. The Morgan fingerprint density at radius 3 is 2.53 bits per heavy atom. The average molecular weight is 452 g/mol. The molecule has 2 rings (SSSR count). The fourth-order valence-electron chi connectivity index (χ4n) is 1.88. The standard InChI is InChI=1S/C14H14Br3NO/c1-2-6-18-13(14-11(16)5-7-19-14)10-4-3-9(15)8-12(10)17/h3-5,7-8,13,18H,2,6H2,1H3. The number of furan rings is 1. The molecular formula is C14H14Br3NO. The van der Waals surface area contributed by atoms with Crippen molar-refractivity contribution in [1.29, 1.82) is 0 Å². The van der Waals surface area contributed by atoms with Gasteiger partial charge in [0.2, 0.25) is 0 Å². The van der Waals surface area contributed by atoms with Crippen molar-refractivity contribution in [2.24, 2.45) is 0 Å². The van der Waals surface area contributed by atoms with Gasteiger partial charge in [0.25, 0.3) is 0 Å². The molecule has 0 saturated heterocycles. The van der Waals surface area contributed by atoms with Crippen LogP contribution in [-0.2, 0) is 0 Å². The summed E-state index contributed by atoms with van der Waals surface area (Å²) in [6.07, 6.45) is 2.77. The molecule has 1 unspecified atom stereocenters. The van der Waals surface area contributed by atoms with E-state index in [1.165, 1.54) is 0 Å². The summed E-state index contributed by atoms with van der Waals surface area (Å²) < 4.78 is 8.71. The van der Waals surface area contributed by atoms with Crippen molar-refractivity contribution in [2.45, 2.75) is 19.4 Å². The van der Waals surface area contributed by atoms with Crippen molar-refractivity contribution in [3.63, 3.8) is 0 Å². The third kappa shape index (κ3) is 3.72. The molecule has 5 heteroatoms. The van der Waals surface area contributed by atoms with E-state index in [-0.39, 0.29) is 6.04 Å². The molecule has 0 aliphatic rings. The third-order valence-electron chi connectivity index (χ3n) is 2.78. The van der Waals surface area contributed by atoms with Gasteiger partial charge in [0.05, 0.1) is 16.8 Å². The van der Waals surface area contributed by atoms with Crippen LogP contribution in [-0.4, -0.2) is 6.54 Å². The van der Waals surface area contributed by atoms with Gasteiger partial charge in [-0.25, -0.2) is 0 Å². The van der Waals surface area contributed by atoms with Crippen LogP contribution in [0.5, 0.6) is 0 Å². The Labute approximate surface area is 138 Å². The van der Waals surface area contributed by atoms with Crippen LogP contribution in [0.1, 0.15) is 30.7 Å². The summed E-state index contributed by atoms with van der Waals surface area (Å²) in [6, 6.07) is 8.13. The smallest absolute Gasteiger partial charge is 0.139 e. The van der Waals surface area contributed by atoms with Crippen LogP contribution in [0.4, 0.5) is 0 Å². The van der Waals surface area contributed by atoms with E-state index in [1.54, 1.807) is 6.26 Å². The molecule has 2 nitrogen and oxygen atoms in total. The first-order chi connectivity index (χ1) is 9.13. The molecule has 0 radical (unpaired) electrons. The molecule has 102 valence electrons. The lowest BCUT2D eigenvalue weighted by Gasteiger charge is -2.19. The number of hydrogen-bond acceptors (Lipinski definition) is 2. The Morgan fingerprint density at radius 2 is 1.95 bits per heavy atom. The first-order valence-corrected chi connectivity index (χ1v) is 8.42. The number of halogens is 3. The lowest BCUT2D eigenvalue weighted by Crippen LogP contribution is -2.23. The molecule has 0 saturated carbocycles. The van der Waals surface area contributed by atoms with E-state index in [1.807, 2.05) is 18.2 Å². The van der Waals surface area contributed by atoms with E-state index in [9.17, 15) is 0 Å². The van der Waals surface area contributed by atoms with Crippen LogP contribution in [0.2, 0.25) is 0 Å². The molecule has 1 aromatic carbocycles. The van der Waals surface area contributed by atoms with Crippen LogP contribution < -0.4 is 5.32 Å². The minimum absolute atomic E-state index is 0.0341. The molecule has 0 aliphatic heterocycles. The van der Waals surface area contributed by atoms with E-state index in [2.05, 4.69) is 66.1 Å². The molecule has 1 aromatic heterocycles. The molecule has 1 atom stereocenters. The van der Waals surface area contributed by atoms with Crippen molar-refractivity contribution in [1.82, 2.24) is 5.32 Å². The van der Waals surface area contributed by atoms with Gasteiger partial charge in [0, 0.05) is 8.95 Å². The summed E-state index contributed by atoms with van der Waals surface area (Å²) in [7, 11) is 0. The van der Waals surface area contributed by atoms with E-state index < -0.39 is 0 Å². The molecule has 0 fully saturated rings. The van der Waals surface area contributed by atoms with Gasteiger partial charge in [-0.2, -0.15) is 0 Å². The van der Waals surface area contributed by atoms with Gasteiger partial charge >= 0.3 is 0 Å². The summed E-state index contributed by atoms with van der Waals surface area (Å²) in [5, 5.41) is 3.52. The molecule has 1 heterocycles. The van der Waals surface area contributed by atoms with E-state index in [0.717, 1.165) is 37.7 Å². The quantitative estimate of drug-likeness (QED) is 0.634. The third-order valence-corrected chi connectivity index (χ3v) is 4.61.